The smallest absolute Gasteiger partial charge is 0.0645 e. The van der Waals surface area contributed by atoms with E-state index in [0.29, 0.717) is 6.04 Å². The molecule has 1 saturated carbocycles. The van der Waals surface area contributed by atoms with Crippen LogP contribution in [0, 0.1) is 5.92 Å². The van der Waals surface area contributed by atoms with Crippen LogP contribution in [0.25, 0.3) is 0 Å². The minimum Gasteiger partial charge on any atom is -0.378 e. The van der Waals surface area contributed by atoms with Gasteiger partial charge in [0.05, 0.1) is 13.2 Å². The molecular formula is C13H26N2O. The van der Waals surface area contributed by atoms with Gasteiger partial charge in [0.1, 0.15) is 0 Å². The van der Waals surface area contributed by atoms with Crippen molar-refractivity contribution in [3.05, 3.63) is 0 Å². The molecule has 0 aromatic heterocycles. The van der Waals surface area contributed by atoms with E-state index in [9.17, 15) is 0 Å². The SMILES string of the molecule is CCNC(CN1CCOCC1(C)C)C1CC1. The Bertz CT molecular complexity index is 226. The molecule has 1 aliphatic heterocycles. The number of hydrogen-bond donors (Lipinski definition) is 1. The van der Waals surface area contributed by atoms with Crippen molar-refractivity contribution >= 4 is 0 Å². The highest BCUT2D eigenvalue weighted by Gasteiger charge is 2.36. The molecule has 2 fully saturated rings. The van der Waals surface area contributed by atoms with Gasteiger partial charge in [0, 0.05) is 24.7 Å². The first-order valence-corrected chi connectivity index (χ1v) is 6.69. The fraction of sp³-hybridized carbons (Fsp3) is 1.00. The first kappa shape index (κ1) is 12.3. The molecule has 16 heavy (non-hydrogen) atoms. The Morgan fingerprint density at radius 1 is 1.44 bits per heavy atom. The lowest BCUT2D eigenvalue weighted by Crippen LogP contribution is -2.57. The Kier molecular flexibility index (Phi) is 3.88. The van der Waals surface area contributed by atoms with Gasteiger partial charge in [0.25, 0.3) is 0 Å². The number of rotatable bonds is 5. The Labute approximate surface area is 99.5 Å². The molecule has 3 heteroatoms. The molecule has 1 atom stereocenters. The predicted octanol–water partition coefficient (Wildman–Crippen LogP) is 1.49. The summed E-state index contributed by atoms with van der Waals surface area (Å²) < 4.78 is 5.57. The second-order valence-electron chi connectivity index (χ2n) is 5.81. The molecule has 3 nitrogen and oxygen atoms in total. The fourth-order valence-electron chi connectivity index (χ4n) is 2.61. The first-order valence-electron chi connectivity index (χ1n) is 6.69. The number of ether oxygens (including phenoxy) is 1. The summed E-state index contributed by atoms with van der Waals surface area (Å²) in [4.78, 5) is 2.60. The lowest BCUT2D eigenvalue weighted by molar-refractivity contribution is -0.0552. The molecule has 94 valence electrons. The number of morpholine rings is 1. The summed E-state index contributed by atoms with van der Waals surface area (Å²) in [6, 6.07) is 0.697. The van der Waals surface area contributed by atoms with Gasteiger partial charge in [-0.15, -0.1) is 0 Å². The van der Waals surface area contributed by atoms with Gasteiger partial charge < -0.3 is 10.1 Å². The summed E-state index contributed by atoms with van der Waals surface area (Å²) in [5, 5.41) is 3.65. The molecule has 1 heterocycles. The lowest BCUT2D eigenvalue weighted by atomic mass is 10.0. The van der Waals surface area contributed by atoms with Crippen LogP contribution in [0.5, 0.6) is 0 Å². The molecule has 2 rings (SSSR count). The molecule has 1 aliphatic carbocycles. The normalized spacial score (nSPS) is 27.9. The van der Waals surface area contributed by atoms with Gasteiger partial charge in [-0.05, 0) is 39.2 Å². The van der Waals surface area contributed by atoms with E-state index in [1.54, 1.807) is 0 Å². The maximum Gasteiger partial charge on any atom is 0.0645 e. The van der Waals surface area contributed by atoms with E-state index in [0.717, 1.165) is 32.2 Å². The van der Waals surface area contributed by atoms with Crippen LogP contribution in [-0.4, -0.2) is 49.3 Å². The van der Waals surface area contributed by atoms with Crippen LogP contribution < -0.4 is 5.32 Å². The Morgan fingerprint density at radius 2 is 2.19 bits per heavy atom. The molecule has 1 N–H and O–H groups in total. The summed E-state index contributed by atoms with van der Waals surface area (Å²) >= 11 is 0. The highest BCUT2D eigenvalue weighted by molar-refractivity contribution is 4.93. The minimum atomic E-state index is 0.209. The van der Waals surface area contributed by atoms with E-state index in [-0.39, 0.29) is 5.54 Å². The molecular weight excluding hydrogens is 200 g/mol. The quantitative estimate of drug-likeness (QED) is 0.768. The number of likely N-dealkylation sites (N-methyl/N-ethyl adjacent to an activating group) is 1. The van der Waals surface area contributed by atoms with E-state index in [1.807, 2.05) is 0 Å². The van der Waals surface area contributed by atoms with Gasteiger partial charge in [-0.3, -0.25) is 4.90 Å². The number of hydrogen-bond acceptors (Lipinski definition) is 3. The topological polar surface area (TPSA) is 24.5 Å². The molecule has 2 aliphatic rings. The average molecular weight is 226 g/mol. The van der Waals surface area contributed by atoms with Crippen molar-refractivity contribution in [2.45, 2.75) is 45.2 Å². The third kappa shape index (κ3) is 2.96. The highest BCUT2D eigenvalue weighted by Crippen LogP contribution is 2.34. The standard InChI is InChI=1S/C13H26N2O/c1-4-14-12(11-5-6-11)9-15-7-8-16-10-13(15,2)3/h11-12,14H,4-10H2,1-3H3. The van der Waals surface area contributed by atoms with Crippen LogP contribution >= 0.6 is 0 Å². The fourth-order valence-corrected chi connectivity index (χ4v) is 2.61. The largest absolute Gasteiger partial charge is 0.378 e. The molecule has 1 unspecified atom stereocenters. The third-order valence-electron chi connectivity index (χ3n) is 3.89. The zero-order valence-electron chi connectivity index (χ0n) is 11.0. The monoisotopic (exact) mass is 226 g/mol. The van der Waals surface area contributed by atoms with Crippen LogP contribution in [0.2, 0.25) is 0 Å². The summed E-state index contributed by atoms with van der Waals surface area (Å²) in [5.74, 6) is 0.929. The Hall–Kier alpha value is -0.120. The van der Waals surface area contributed by atoms with Gasteiger partial charge in [-0.2, -0.15) is 0 Å². The minimum absolute atomic E-state index is 0.209. The van der Waals surface area contributed by atoms with Crippen LogP contribution in [0.15, 0.2) is 0 Å². The van der Waals surface area contributed by atoms with Crippen molar-refractivity contribution in [3.8, 4) is 0 Å². The molecule has 1 saturated heterocycles. The van der Waals surface area contributed by atoms with Crippen LogP contribution in [0.4, 0.5) is 0 Å². The van der Waals surface area contributed by atoms with Gasteiger partial charge in [0.2, 0.25) is 0 Å². The lowest BCUT2D eigenvalue weighted by Gasteiger charge is -2.43. The van der Waals surface area contributed by atoms with E-state index >= 15 is 0 Å². The average Bonchev–Trinajstić information content (AvgIpc) is 3.03. The third-order valence-corrected chi connectivity index (χ3v) is 3.89. The molecule has 0 radical (unpaired) electrons. The summed E-state index contributed by atoms with van der Waals surface area (Å²) in [5.41, 5.74) is 0.209. The van der Waals surface area contributed by atoms with Crippen molar-refractivity contribution in [1.82, 2.24) is 10.2 Å². The Morgan fingerprint density at radius 3 is 2.75 bits per heavy atom. The molecule has 0 aromatic carbocycles. The highest BCUT2D eigenvalue weighted by atomic mass is 16.5. The molecule has 0 amide bonds. The first-order chi connectivity index (χ1) is 7.63. The van der Waals surface area contributed by atoms with Crippen molar-refractivity contribution in [3.63, 3.8) is 0 Å². The van der Waals surface area contributed by atoms with Crippen LogP contribution in [-0.2, 0) is 4.74 Å². The summed E-state index contributed by atoms with van der Waals surface area (Å²) in [6.45, 7) is 11.9. The van der Waals surface area contributed by atoms with E-state index in [2.05, 4.69) is 31.0 Å². The van der Waals surface area contributed by atoms with Crippen molar-refractivity contribution < 1.29 is 4.74 Å². The zero-order valence-corrected chi connectivity index (χ0v) is 11.0. The van der Waals surface area contributed by atoms with Gasteiger partial charge in [-0.25, -0.2) is 0 Å². The zero-order chi connectivity index (χ0) is 11.6. The van der Waals surface area contributed by atoms with Gasteiger partial charge in [-0.1, -0.05) is 6.92 Å². The second-order valence-corrected chi connectivity index (χ2v) is 5.81. The van der Waals surface area contributed by atoms with Crippen molar-refractivity contribution in [2.75, 3.05) is 32.8 Å². The predicted molar refractivity (Wildman–Crippen MR) is 66.7 cm³/mol. The van der Waals surface area contributed by atoms with Gasteiger partial charge >= 0.3 is 0 Å². The van der Waals surface area contributed by atoms with Gasteiger partial charge in [0.15, 0.2) is 0 Å². The van der Waals surface area contributed by atoms with Crippen LogP contribution in [0.1, 0.15) is 33.6 Å². The maximum atomic E-state index is 5.57. The molecule has 0 bridgehead atoms. The summed E-state index contributed by atoms with van der Waals surface area (Å²) in [7, 11) is 0. The second kappa shape index (κ2) is 5.03. The van der Waals surface area contributed by atoms with Crippen molar-refractivity contribution in [1.29, 1.82) is 0 Å². The molecule has 0 spiro atoms. The molecule has 0 aromatic rings. The Balaban J connectivity index is 1.89. The van der Waals surface area contributed by atoms with E-state index in [4.69, 9.17) is 4.74 Å². The van der Waals surface area contributed by atoms with Crippen molar-refractivity contribution in [2.24, 2.45) is 5.92 Å². The van der Waals surface area contributed by atoms with E-state index in [1.165, 1.54) is 19.4 Å². The summed E-state index contributed by atoms with van der Waals surface area (Å²) in [6.07, 6.45) is 2.84. The number of nitrogens with one attached hydrogen (secondary N) is 1. The maximum absolute atomic E-state index is 5.57. The van der Waals surface area contributed by atoms with E-state index < -0.39 is 0 Å². The van der Waals surface area contributed by atoms with Crippen LogP contribution in [0.3, 0.4) is 0 Å². The number of nitrogens with zero attached hydrogens (tertiary/aromatic N) is 1.